The number of methoxy groups -OCH3 is 1. The van der Waals surface area contributed by atoms with Gasteiger partial charge in [0.05, 0.1) is 29.5 Å². The SMILES string of the molecule is COC(=O)c1ccccc1NC(=O)C(Sc1cccc(NC(=O)c2ccccc2C(=O)O)c1)c1ccccc1. The minimum Gasteiger partial charge on any atom is -0.478 e. The summed E-state index contributed by atoms with van der Waals surface area (Å²) in [6.45, 7) is 0. The molecule has 0 aliphatic carbocycles. The third kappa shape index (κ3) is 6.71. The quantitative estimate of drug-likeness (QED) is 0.179. The van der Waals surface area contributed by atoms with Gasteiger partial charge in [0, 0.05) is 10.6 Å². The Balaban J connectivity index is 1.58. The monoisotopic (exact) mass is 540 g/mol. The molecule has 0 aliphatic rings. The molecule has 0 fully saturated rings. The van der Waals surface area contributed by atoms with Crippen molar-refractivity contribution in [2.45, 2.75) is 10.1 Å². The number of carboxylic acid groups (broad SMARTS) is 1. The fourth-order valence-corrected chi connectivity index (χ4v) is 4.91. The lowest BCUT2D eigenvalue weighted by Gasteiger charge is -2.18. The Morgan fingerprint density at radius 3 is 2.08 bits per heavy atom. The van der Waals surface area contributed by atoms with Crippen LogP contribution in [0.1, 0.15) is 41.9 Å². The van der Waals surface area contributed by atoms with Gasteiger partial charge in [-0.1, -0.05) is 60.7 Å². The molecule has 1 atom stereocenters. The van der Waals surface area contributed by atoms with Crippen LogP contribution in [0.3, 0.4) is 0 Å². The van der Waals surface area contributed by atoms with Gasteiger partial charge < -0.3 is 20.5 Å². The zero-order valence-corrected chi connectivity index (χ0v) is 21.6. The van der Waals surface area contributed by atoms with Gasteiger partial charge in [0.25, 0.3) is 5.91 Å². The predicted molar refractivity (Wildman–Crippen MR) is 149 cm³/mol. The molecule has 8 nitrogen and oxygen atoms in total. The van der Waals surface area contributed by atoms with Crippen LogP contribution < -0.4 is 10.6 Å². The molecular weight excluding hydrogens is 516 g/mol. The van der Waals surface area contributed by atoms with Crippen LogP contribution in [0, 0.1) is 0 Å². The van der Waals surface area contributed by atoms with Gasteiger partial charge in [-0.25, -0.2) is 9.59 Å². The Bertz CT molecular complexity index is 1520. The molecule has 4 aromatic rings. The van der Waals surface area contributed by atoms with Gasteiger partial charge in [0.15, 0.2) is 0 Å². The van der Waals surface area contributed by atoms with E-state index < -0.39 is 23.1 Å². The molecule has 1 unspecified atom stereocenters. The molecule has 2 amide bonds. The Morgan fingerprint density at radius 1 is 0.744 bits per heavy atom. The minimum atomic E-state index is -1.20. The molecule has 4 rings (SSSR count). The van der Waals surface area contributed by atoms with E-state index in [2.05, 4.69) is 10.6 Å². The number of nitrogens with one attached hydrogen (secondary N) is 2. The lowest BCUT2D eigenvalue weighted by Crippen LogP contribution is -2.21. The highest BCUT2D eigenvalue weighted by Gasteiger charge is 2.24. The average molecular weight is 541 g/mol. The number of thioether (sulfide) groups is 1. The van der Waals surface area contributed by atoms with Crippen molar-refractivity contribution in [1.82, 2.24) is 0 Å². The predicted octanol–water partition coefficient (Wildman–Crippen LogP) is 5.90. The van der Waals surface area contributed by atoms with E-state index >= 15 is 0 Å². The van der Waals surface area contributed by atoms with Gasteiger partial charge >= 0.3 is 11.9 Å². The van der Waals surface area contributed by atoms with E-state index in [9.17, 15) is 24.3 Å². The molecule has 0 spiro atoms. The van der Waals surface area contributed by atoms with Gasteiger partial charge in [-0.05, 0) is 48.0 Å². The molecule has 0 radical (unpaired) electrons. The molecule has 0 aromatic heterocycles. The minimum absolute atomic E-state index is 0.0360. The van der Waals surface area contributed by atoms with E-state index in [4.69, 9.17) is 4.74 Å². The van der Waals surface area contributed by atoms with Gasteiger partial charge in [-0.3, -0.25) is 9.59 Å². The summed E-state index contributed by atoms with van der Waals surface area (Å²) < 4.78 is 4.83. The van der Waals surface area contributed by atoms with E-state index in [-0.39, 0.29) is 22.6 Å². The summed E-state index contributed by atoms with van der Waals surface area (Å²) in [6.07, 6.45) is 0. The summed E-state index contributed by atoms with van der Waals surface area (Å²) in [4.78, 5) is 50.7. The number of carbonyl (C=O) groups excluding carboxylic acids is 3. The lowest BCUT2D eigenvalue weighted by molar-refractivity contribution is -0.115. The summed E-state index contributed by atoms with van der Waals surface area (Å²) in [5, 5.41) is 14.3. The van der Waals surface area contributed by atoms with Crippen molar-refractivity contribution in [3.63, 3.8) is 0 Å². The lowest BCUT2D eigenvalue weighted by atomic mass is 10.1. The Labute approximate surface area is 229 Å². The number of amides is 2. The second-order valence-electron chi connectivity index (χ2n) is 8.27. The first-order valence-electron chi connectivity index (χ1n) is 11.8. The van der Waals surface area contributed by atoms with Crippen molar-refractivity contribution in [3.8, 4) is 0 Å². The molecule has 0 saturated carbocycles. The zero-order chi connectivity index (χ0) is 27.8. The molecule has 39 heavy (non-hydrogen) atoms. The van der Waals surface area contributed by atoms with Crippen molar-refractivity contribution >= 4 is 46.9 Å². The number of anilines is 2. The molecule has 9 heteroatoms. The van der Waals surface area contributed by atoms with Crippen molar-refractivity contribution in [2.24, 2.45) is 0 Å². The smallest absolute Gasteiger partial charge is 0.339 e. The Hall–Kier alpha value is -4.89. The van der Waals surface area contributed by atoms with Crippen molar-refractivity contribution in [1.29, 1.82) is 0 Å². The van der Waals surface area contributed by atoms with Crippen LogP contribution >= 0.6 is 11.8 Å². The van der Waals surface area contributed by atoms with Gasteiger partial charge in [-0.15, -0.1) is 11.8 Å². The number of hydrogen-bond donors (Lipinski definition) is 3. The van der Waals surface area contributed by atoms with Crippen LogP contribution in [0.25, 0.3) is 0 Å². The number of rotatable bonds is 9. The van der Waals surface area contributed by atoms with Crippen molar-refractivity contribution in [2.75, 3.05) is 17.7 Å². The maximum Gasteiger partial charge on any atom is 0.339 e. The van der Waals surface area contributed by atoms with E-state index in [0.29, 0.717) is 16.3 Å². The highest BCUT2D eigenvalue weighted by molar-refractivity contribution is 8.00. The molecular formula is C30H24N2O6S. The van der Waals surface area contributed by atoms with E-state index in [1.807, 2.05) is 30.3 Å². The number of para-hydroxylation sites is 1. The Morgan fingerprint density at radius 2 is 1.38 bits per heavy atom. The van der Waals surface area contributed by atoms with Crippen LogP contribution in [-0.2, 0) is 9.53 Å². The molecule has 4 aromatic carbocycles. The first kappa shape index (κ1) is 27.2. The number of carboxylic acids is 1. The normalized spacial score (nSPS) is 11.2. The second kappa shape index (κ2) is 12.6. The van der Waals surface area contributed by atoms with Crippen LogP contribution in [-0.4, -0.2) is 36.0 Å². The van der Waals surface area contributed by atoms with Gasteiger partial charge in [0.1, 0.15) is 5.25 Å². The molecule has 3 N–H and O–H groups in total. The Kier molecular flexibility index (Phi) is 8.75. The number of ether oxygens (including phenoxy) is 1. The fourth-order valence-electron chi connectivity index (χ4n) is 3.83. The maximum absolute atomic E-state index is 13.5. The van der Waals surface area contributed by atoms with E-state index in [1.165, 1.54) is 31.0 Å². The average Bonchev–Trinajstić information content (AvgIpc) is 2.96. The van der Waals surface area contributed by atoms with Crippen LogP contribution in [0.2, 0.25) is 0 Å². The molecule has 0 heterocycles. The summed E-state index contributed by atoms with van der Waals surface area (Å²) in [5.74, 6) is -2.68. The standard InChI is InChI=1S/C30H24N2O6S/c1-38-30(37)24-16-7-8-17-25(24)32-28(34)26(19-10-3-2-4-11-19)39-21-13-9-12-20(18-21)31-27(33)22-14-5-6-15-23(22)29(35)36/h2-18,26H,1H3,(H,31,33)(H,32,34)(H,35,36). The third-order valence-corrected chi connectivity index (χ3v) is 6.93. The van der Waals surface area contributed by atoms with Crippen LogP contribution in [0.5, 0.6) is 0 Å². The summed E-state index contributed by atoms with van der Waals surface area (Å²) >= 11 is 1.26. The van der Waals surface area contributed by atoms with E-state index in [1.54, 1.807) is 60.7 Å². The summed E-state index contributed by atoms with van der Waals surface area (Å²) in [5.41, 5.74) is 1.67. The second-order valence-corrected chi connectivity index (χ2v) is 9.45. The highest BCUT2D eigenvalue weighted by Crippen LogP contribution is 2.37. The number of benzene rings is 4. The fraction of sp³-hybridized carbons (Fsp3) is 0.0667. The summed E-state index contributed by atoms with van der Waals surface area (Å²) in [7, 11) is 1.27. The molecule has 0 bridgehead atoms. The summed E-state index contributed by atoms with van der Waals surface area (Å²) in [6, 6.07) is 28.6. The molecule has 0 saturated heterocycles. The van der Waals surface area contributed by atoms with E-state index in [0.717, 1.165) is 5.56 Å². The van der Waals surface area contributed by atoms with Gasteiger partial charge in [-0.2, -0.15) is 0 Å². The van der Waals surface area contributed by atoms with Crippen LogP contribution in [0.15, 0.2) is 108 Å². The van der Waals surface area contributed by atoms with Crippen molar-refractivity contribution < 1.29 is 29.0 Å². The number of carbonyl (C=O) groups is 4. The maximum atomic E-state index is 13.5. The largest absolute Gasteiger partial charge is 0.478 e. The zero-order valence-electron chi connectivity index (χ0n) is 20.8. The number of hydrogen-bond acceptors (Lipinski definition) is 6. The number of esters is 1. The topological polar surface area (TPSA) is 122 Å². The first-order valence-corrected chi connectivity index (χ1v) is 12.7. The van der Waals surface area contributed by atoms with Crippen LogP contribution in [0.4, 0.5) is 11.4 Å². The molecule has 196 valence electrons. The van der Waals surface area contributed by atoms with Crippen molar-refractivity contribution in [3.05, 3.63) is 125 Å². The van der Waals surface area contributed by atoms with Gasteiger partial charge in [0.2, 0.25) is 5.91 Å². The number of aromatic carboxylic acids is 1. The highest BCUT2D eigenvalue weighted by atomic mass is 32.2. The molecule has 0 aliphatic heterocycles. The first-order chi connectivity index (χ1) is 18.9. The third-order valence-electron chi connectivity index (χ3n) is 5.68.